The van der Waals surface area contributed by atoms with Crippen LogP contribution in [0.3, 0.4) is 0 Å². The van der Waals surface area contributed by atoms with Crippen LogP contribution in [0.2, 0.25) is 0 Å². The molecule has 44 heavy (non-hydrogen) atoms. The molecule has 0 bridgehead atoms. The minimum atomic E-state index is -1.09. The second-order valence-corrected chi connectivity index (χ2v) is 13.5. The van der Waals surface area contributed by atoms with Gasteiger partial charge in [0, 0.05) is 13.0 Å². The van der Waals surface area contributed by atoms with Crippen molar-refractivity contribution in [1.82, 2.24) is 15.5 Å². The van der Waals surface area contributed by atoms with Gasteiger partial charge < -0.3 is 25.0 Å². The molecule has 0 aliphatic rings. The summed E-state index contributed by atoms with van der Waals surface area (Å²) in [5.74, 6) is -1.85. The molecular formula is C35H51N3O6. The van der Waals surface area contributed by atoms with Crippen LogP contribution in [0.15, 0.2) is 48.5 Å². The molecule has 3 atom stereocenters. The van der Waals surface area contributed by atoms with Gasteiger partial charge in [-0.3, -0.25) is 9.59 Å². The van der Waals surface area contributed by atoms with Crippen molar-refractivity contribution < 1.29 is 28.7 Å². The average Bonchev–Trinajstić information content (AvgIpc) is 2.88. The van der Waals surface area contributed by atoms with Crippen molar-refractivity contribution in [2.45, 2.75) is 112 Å². The average molecular weight is 610 g/mol. The van der Waals surface area contributed by atoms with Gasteiger partial charge in [0.25, 0.3) is 0 Å². The van der Waals surface area contributed by atoms with Gasteiger partial charge in [0.05, 0.1) is 0 Å². The van der Waals surface area contributed by atoms with Crippen LogP contribution in [0.25, 0.3) is 0 Å². The number of alkyl carbamates (subject to hydrolysis) is 1. The number of hydrogen-bond acceptors (Lipinski definition) is 6. The zero-order chi connectivity index (χ0) is 33.4. The van der Waals surface area contributed by atoms with Gasteiger partial charge in [0.15, 0.2) is 0 Å². The molecule has 242 valence electrons. The van der Waals surface area contributed by atoms with Crippen molar-refractivity contribution in [2.24, 2.45) is 5.92 Å². The summed E-state index contributed by atoms with van der Waals surface area (Å²) in [5, 5.41) is 5.63. The molecule has 3 unspecified atom stereocenters. The van der Waals surface area contributed by atoms with E-state index in [4.69, 9.17) is 9.47 Å². The molecule has 0 spiro atoms. The zero-order valence-electron chi connectivity index (χ0n) is 28.2. The van der Waals surface area contributed by atoms with Crippen molar-refractivity contribution >= 4 is 23.9 Å². The number of rotatable bonds is 11. The van der Waals surface area contributed by atoms with Crippen molar-refractivity contribution in [1.29, 1.82) is 0 Å². The fourth-order valence-electron chi connectivity index (χ4n) is 4.84. The van der Waals surface area contributed by atoms with Crippen LogP contribution in [0, 0.1) is 19.8 Å². The van der Waals surface area contributed by atoms with E-state index < -0.39 is 53.2 Å². The number of benzene rings is 2. The van der Waals surface area contributed by atoms with Gasteiger partial charge in [0.2, 0.25) is 11.8 Å². The summed E-state index contributed by atoms with van der Waals surface area (Å²) in [5.41, 5.74) is 1.75. The topological polar surface area (TPSA) is 114 Å². The van der Waals surface area contributed by atoms with E-state index in [9.17, 15) is 19.2 Å². The Morgan fingerprint density at radius 3 is 1.93 bits per heavy atom. The van der Waals surface area contributed by atoms with Gasteiger partial charge in [0.1, 0.15) is 29.3 Å². The molecule has 0 aliphatic heterocycles. The summed E-state index contributed by atoms with van der Waals surface area (Å²) in [6.45, 7) is 20.0. The quantitative estimate of drug-likeness (QED) is 0.311. The number of esters is 1. The first-order valence-corrected chi connectivity index (χ1v) is 15.3. The van der Waals surface area contributed by atoms with Crippen molar-refractivity contribution in [3.63, 3.8) is 0 Å². The molecule has 2 aromatic rings. The summed E-state index contributed by atoms with van der Waals surface area (Å²) in [4.78, 5) is 56.1. The number of ether oxygens (including phenoxy) is 2. The molecule has 9 nitrogen and oxygen atoms in total. The van der Waals surface area contributed by atoms with Crippen LogP contribution in [-0.4, -0.2) is 58.6 Å². The number of aryl methyl sites for hydroxylation is 2. The maximum absolute atomic E-state index is 14.3. The molecule has 0 saturated heterocycles. The summed E-state index contributed by atoms with van der Waals surface area (Å²) >= 11 is 0. The number of carbonyl (C=O) groups is 4. The molecule has 0 fully saturated rings. The summed E-state index contributed by atoms with van der Waals surface area (Å²) in [6, 6.07) is 12.0. The van der Waals surface area contributed by atoms with Crippen LogP contribution < -0.4 is 10.6 Å². The van der Waals surface area contributed by atoms with Gasteiger partial charge in [-0.25, -0.2) is 9.59 Å². The Morgan fingerprint density at radius 1 is 0.841 bits per heavy atom. The number of nitrogens with one attached hydrogen (secondary N) is 2. The van der Waals surface area contributed by atoms with Crippen LogP contribution in [0.1, 0.15) is 90.6 Å². The standard InChI is InChI=1S/C35H51N3O6/c1-12-38(31(40)28(22(2)3)37-33(42)44-35(9,10)11)29(26-19-18-23(4)20-24(26)5)30(39)36-27(32(41)43-34(6,7)8)21-25-16-14-13-15-17-25/h13-20,22,27-29H,12,21H2,1-11H3,(H,36,39)(H,37,42). The van der Waals surface area contributed by atoms with E-state index in [-0.39, 0.29) is 18.9 Å². The molecule has 0 saturated carbocycles. The number of nitrogens with zero attached hydrogens (tertiary/aromatic N) is 1. The van der Waals surface area contributed by atoms with Crippen LogP contribution in [0.5, 0.6) is 0 Å². The third-order valence-corrected chi connectivity index (χ3v) is 6.80. The summed E-state index contributed by atoms with van der Waals surface area (Å²) < 4.78 is 11.1. The second-order valence-electron chi connectivity index (χ2n) is 13.5. The lowest BCUT2D eigenvalue weighted by atomic mass is 9.94. The van der Waals surface area contributed by atoms with Gasteiger partial charge >= 0.3 is 12.1 Å². The minimum Gasteiger partial charge on any atom is -0.458 e. The first-order chi connectivity index (χ1) is 20.3. The van der Waals surface area contributed by atoms with Crippen LogP contribution >= 0.6 is 0 Å². The predicted molar refractivity (Wildman–Crippen MR) is 172 cm³/mol. The lowest BCUT2D eigenvalue weighted by molar-refractivity contribution is -0.159. The molecule has 0 heterocycles. The Labute approximate surface area is 263 Å². The Kier molecular flexibility index (Phi) is 12.6. The highest BCUT2D eigenvalue weighted by Gasteiger charge is 2.39. The van der Waals surface area contributed by atoms with E-state index in [1.807, 2.05) is 76.2 Å². The Balaban J connectivity index is 2.57. The molecule has 9 heteroatoms. The molecule has 0 aromatic heterocycles. The maximum Gasteiger partial charge on any atom is 0.408 e. The van der Waals surface area contributed by atoms with Crippen molar-refractivity contribution in [3.05, 3.63) is 70.8 Å². The molecule has 0 radical (unpaired) electrons. The van der Waals surface area contributed by atoms with Crippen LogP contribution in [0.4, 0.5) is 4.79 Å². The Morgan fingerprint density at radius 2 is 1.43 bits per heavy atom. The van der Waals surface area contributed by atoms with Gasteiger partial charge in [-0.1, -0.05) is 67.9 Å². The molecule has 2 N–H and O–H groups in total. The Bertz CT molecular complexity index is 1290. The highest BCUT2D eigenvalue weighted by Crippen LogP contribution is 2.28. The fourth-order valence-corrected chi connectivity index (χ4v) is 4.84. The van der Waals surface area contributed by atoms with Crippen molar-refractivity contribution in [2.75, 3.05) is 6.54 Å². The van der Waals surface area contributed by atoms with Gasteiger partial charge in [-0.2, -0.15) is 0 Å². The third-order valence-electron chi connectivity index (χ3n) is 6.80. The van der Waals surface area contributed by atoms with E-state index in [0.29, 0.717) is 5.56 Å². The van der Waals surface area contributed by atoms with E-state index >= 15 is 0 Å². The van der Waals surface area contributed by atoms with Gasteiger partial charge in [-0.05, 0) is 84.9 Å². The highest BCUT2D eigenvalue weighted by molar-refractivity contribution is 5.94. The smallest absolute Gasteiger partial charge is 0.408 e. The largest absolute Gasteiger partial charge is 0.458 e. The Hall–Kier alpha value is -3.88. The molecule has 2 aromatic carbocycles. The minimum absolute atomic E-state index is 0.166. The normalized spacial score (nSPS) is 13.8. The molecule has 2 rings (SSSR count). The SMILES string of the molecule is CCN(C(=O)C(NC(=O)OC(C)(C)C)C(C)C)C(C(=O)NC(Cc1ccccc1)C(=O)OC(C)(C)C)c1ccc(C)cc1C. The molecule has 0 aliphatic carbocycles. The third kappa shape index (κ3) is 11.0. The maximum atomic E-state index is 14.3. The molecular weight excluding hydrogens is 558 g/mol. The zero-order valence-corrected chi connectivity index (χ0v) is 28.2. The first-order valence-electron chi connectivity index (χ1n) is 15.3. The van der Waals surface area contributed by atoms with Crippen molar-refractivity contribution in [3.8, 4) is 0 Å². The lowest BCUT2D eigenvalue weighted by Gasteiger charge is -2.36. The summed E-state index contributed by atoms with van der Waals surface area (Å²) in [6.07, 6.45) is -0.517. The second kappa shape index (κ2) is 15.2. The summed E-state index contributed by atoms with van der Waals surface area (Å²) in [7, 11) is 0. The number of hydrogen-bond donors (Lipinski definition) is 2. The highest BCUT2D eigenvalue weighted by atomic mass is 16.6. The number of amides is 3. The van der Waals surface area contributed by atoms with E-state index in [1.165, 1.54) is 4.90 Å². The monoisotopic (exact) mass is 609 g/mol. The van der Waals surface area contributed by atoms with Gasteiger partial charge in [-0.15, -0.1) is 0 Å². The predicted octanol–water partition coefficient (Wildman–Crippen LogP) is 5.81. The number of likely N-dealkylation sites (N-methyl/N-ethyl adjacent to an activating group) is 1. The fraction of sp³-hybridized carbons (Fsp3) is 0.543. The number of carbonyl (C=O) groups excluding carboxylic acids is 4. The van der Waals surface area contributed by atoms with Crippen LogP contribution in [-0.2, 0) is 30.3 Å². The molecule has 3 amide bonds. The first kappa shape index (κ1) is 36.3. The van der Waals surface area contributed by atoms with E-state index in [0.717, 1.165) is 16.7 Å². The van der Waals surface area contributed by atoms with E-state index in [1.54, 1.807) is 48.5 Å². The lowest BCUT2D eigenvalue weighted by Crippen LogP contribution is -2.56. The van der Waals surface area contributed by atoms with E-state index in [2.05, 4.69) is 10.6 Å².